The fourth-order valence-corrected chi connectivity index (χ4v) is 3.86. The van der Waals surface area contributed by atoms with Crippen LogP contribution in [0.5, 0.6) is 0 Å². The Bertz CT molecular complexity index is 1060. The number of benzene rings is 2. The molecule has 1 saturated heterocycles. The minimum Gasteiger partial charge on any atom is -0.337 e. The Morgan fingerprint density at radius 2 is 1.66 bits per heavy atom. The van der Waals surface area contributed by atoms with Gasteiger partial charge in [0.05, 0.1) is 5.69 Å². The van der Waals surface area contributed by atoms with Gasteiger partial charge in [-0.05, 0) is 54.4 Å². The Balaban J connectivity index is 1.37. The largest absolute Gasteiger partial charge is 0.435 e. The normalized spacial score (nSPS) is 15.6. The first kappa shape index (κ1) is 22.4. The second-order valence-electron chi connectivity index (χ2n) is 7.74. The highest BCUT2D eigenvalue weighted by molar-refractivity contribution is 6.30. The summed E-state index contributed by atoms with van der Waals surface area (Å²) in [4.78, 5) is 17.1. The fourth-order valence-electron chi connectivity index (χ4n) is 3.74. The summed E-state index contributed by atoms with van der Waals surface area (Å²) in [7, 11) is 0. The van der Waals surface area contributed by atoms with E-state index in [1.165, 1.54) is 11.8 Å². The van der Waals surface area contributed by atoms with E-state index in [-0.39, 0.29) is 5.91 Å². The van der Waals surface area contributed by atoms with E-state index < -0.39 is 11.9 Å². The molecule has 1 aliphatic rings. The molecule has 5 nitrogen and oxygen atoms in total. The van der Waals surface area contributed by atoms with Gasteiger partial charge in [0.25, 0.3) is 5.91 Å². The molecule has 3 aromatic rings. The summed E-state index contributed by atoms with van der Waals surface area (Å²) in [6.45, 7) is 3.73. The molecule has 0 unspecified atom stereocenters. The van der Waals surface area contributed by atoms with Crippen molar-refractivity contribution in [2.24, 2.45) is 0 Å². The predicted octanol–water partition coefficient (Wildman–Crippen LogP) is 4.89. The smallest absolute Gasteiger partial charge is 0.337 e. The van der Waals surface area contributed by atoms with Crippen molar-refractivity contribution >= 4 is 17.5 Å². The topological polar surface area (TPSA) is 41.4 Å². The quantitative estimate of drug-likeness (QED) is 0.554. The summed E-state index contributed by atoms with van der Waals surface area (Å²) in [6.07, 6.45) is -2.37. The van der Waals surface area contributed by atoms with Gasteiger partial charge in [-0.1, -0.05) is 23.7 Å². The lowest BCUT2D eigenvalue weighted by molar-refractivity contribution is -0.141. The molecule has 0 N–H and O–H groups in total. The van der Waals surface area contributed by atoms with Gasteiger partial charge < -0.3 is 4.90 Å². The Morgan fingerprint density at radius 3 is 2.31 bits per heavy atom. The van der Waals surface area contributed by atoms with Crippen LogP contribution in [0.3, 0.4) is 0 Å². The number of aromatic nitrogens is 2. The number of carbonyl (C=O) groups excluding carboxylic acids is 1. The molecule has 4 rings (SSSR count). The molecule has 1 aromatic heterocycles. The van der Waals surface area contributed by atoms with Crippen LogP contribution in [0.15, 0.2) is 60.8 Å². The second kappa shape index (κ2) is 9.34. The summed E-state index contributed by atoms with van der Waals surface area (Å²) in [5.74, 6) is -0.0821. The molecule has 1 fully saturated rings. The number of halogens is 4. The molecular formula is C23H22ClF3N4O. The maximum Gasteiger partial charge on any atom is 0.435 e. The van der Waals surface area contributed by atoms with E-state index in [9.17, 15) is 18.0 Å². The Labute approximate surface area is 189 Å². The highest BCUT2D eigenvalue weighted by Crippen LogP contribution is 2.28. The van der Waals surface area contributed by atoms with Crippen molar-refractivity contribution in [1.29, 1.82) is 0 Å². The van der Waals surface area contributed by atoms with Crippen LogP contribution in [0.2, 0.25) is 5.02 Å². The molecule has 0 bridgehead atoms. The maximum atomic E-state index is 13.0. The first-order valence-corrected chi connectivity index (χ1v) is 10.7. The third-order valence-corrected chi connectivity index (χ3v) is 5.71. The van der Waals surface area contributed by atoms with Gasteiger partial charge in [0.1, 0.15) is 0 Å². The molecular weight excluding hydrogens is 441 g/mol. The minimum absolute atomic E-state index is 0.0821. The van der Waals surface area contributed by atoms with E-state index in [1.807, 2.05) is 29.2 Å². The zero-order valence-electron chi connectivity index (χ0n) is 17.2. The monoisotopic (exact) mass is 462 g/mol. The maximum absolute atomic E-state index is 13.0. The van der Waals surface area contributed by atoms with E-state index in [4.69, 9.17) is 11.6 Å². The molecule has 32 heavy (non-hydrogen) atoms. The third kappa shape index (κ3) is 5.31. The van der Waals surface area contributed by atoms with Crippen LogP contribution in [0.25, 0.3) is 5.69 Å². The number of nitrogens with zero attached hydrogens (tertiary/aromatic N) is 4. The van der Waals surface area contributed by atoms with Gasteiger partial charge in [-0.15, -0.1) is 0 Å². The van der Waals surface area contributed by atoms with Crippen molar-refractivity contribution in [3.8, 4) is 5.69 Å². The zero-order valence-corrected chi connectivity index (χ0v) is 18.0. The molecule has 0 saturated carbocycles. The van der Waals surface area contributed by atoms with Gasteiger partial charge in [-0.2, -0.15) is 18.3 Å². The van der Waals surface area contributed by atoms with Gasteiger partial charge in [0.15, 0.2) is 5.69 Å². The summed E-state index contributed by atoms with van der Waals surface area (Å²) in [6, 6.07) is 15.2. The van der Waals surface area contributed by atoms with E-state index in [0.29, 0.717) is 29.4 Å². The van der Waals surface area contributed by atoms with E-state index in [2.05, 4.69) is 10.00 Å². The van der Waals surface area contributed by atoms with Crippen LogP contribution in [0, 0.1) is 0 Å². The first-order valence-electron chi connectivity index (χ1n) is 10.3. The van der Waals surface area contributed by atoms with Crippen molar-refractivity contribution in [2.75, 3.05) is 26.2 Å². The average Bonchev–Trinajstić information content (AvgIpc) is 3.17. The van der Waals surface area contributed by atoms with Crippen molar-refractivity contribution in [1.82, 2.24) is 19.6 Å². The summed E-state index contributed by atoms with van der Waals surface area (Å²) in [5, 5.41) is 4.27. The van der Waals surface area contributed by atoms with Crippen LogP contribution in [-0.2, 0) is 12.7 Å². The van der Waals surface area contributed by atoms with Crippen molar-refractivity contribution in [2.45, 2.75) is 19.1 Å². The minimum atomic E-state index is -4.49. The molecule has 0 radical (unpaired) electrons. The van der Waals surface area contributed by atoms with Gasteiger partial charge >= 0.3 is 6.18 Å². The first-order chi connectivity index (χ1) is 15.3. The molecule has 2 aromatic carbocycles. The van der Waals surface area contributed by atoms with Crippen molar-refractivity contribution in [3.63, 3.8) is 0 Å². The summed E-state index contributed by atoms with van der Waals surface area (Å²) < 4.78 is 39.4. The number of hydrogen-bond donors (Lipinski definition) is 0. The summed E-state index contributed by atoms with van der Waals surface area (Å²) >= 11 is 5.95. The van der Waals surface area contributed by atoms with E-state index >= 15 is 0 Å². The van der Waals surface area contributed by atoms with Crippen LogP contribution < -0.4 is 0 Å². The predicted molar refractivity (Wildman–Crippen MR) is 116 cm³/mol. The number of carbonyl (C=O) groups is 1. The number of alkyl halides is 3. The standard InChI is InChI=1S/C23H22ClF3N4O/c24-19-6-2-17(3-7-19)16-29-11-1-12-30(15-14-29)22(32)18-4-8-20(9-5-18)31-13-10-21(28-31)23(25,26)27/h2-10,13H,1,11-12,14-16H2. The molecule has 0 atom stereocenters. The van der Waals surface area contributed by atoms with Crippen LogP contribution in [0.1, 0.15) is 28.0 Å². The van der Waals surface area contributed by atoms with Crippen LogP contribution in [0.4, 0.5) is 13.2 Å². The lowest BCUT2D eigenvalue weighted by Gasteiger charge is -2.22. The van der Waals surface area contributed by atoms with Gasteiger partial charge in [0.2, 0.25) is 0 Å². The molecule has 1 amide bonds. The molecule has 1 aliphatic heterocycles. The molecule has 2 heterocycles. The fraction of sp³-hybridized carbons (Fsp3) is 0.304. The molecule has 0 aliphatic carbocycles. The van der Waals surface area contributed by atoms with Crippen LogP contribution in [-0.4, -0.2) is 51.7 Å². The van der Waals surface area contributed by atoms with Gasteiger partial charge in [0, 0.05) is 49.5 Å². The van der Waals surface area contributed by atoms with Crippen molar-refractivity contribution < 1.29 is 18.0 Å². The Morgan fingerprint density at radius 1 is 0.938 bits per heavy atom. The molecule has 9 heteroatoms. The lowest BCUT2D eigenvalue weighted by Crippen LogP contribution is -2.35. The Kier molecular flexibility index (Phi) is 6.53. The highest BCUT2D eigenvalue weighted by atomic mass is 35.5. The lowest BCUT2D eigenvalue weighted by atomic mass is 10.1. The number of rotatable bonds is 4. The van der Waals surface area contributed by atoms with Gasteiger partial charge in [-0.3, -0.25) is 9.69 Å². The highest BCUT2D eigenvalue weighted by Gasteiger charge is 2.33. The van der Waals surface area contributed by atoms with Gasteiger partial charge in [-0.25, -0.2) is 4.68 Å². The third-order valence-electron chi connectivity index (χ3n) is 5.45. The number of amides is 1. The van der Waals surface area contributed by atoms with Crippen LogP contribution >= 0.6 is 11.6 Å². The van der Waals surface area contributed by atoms with E-state index in [0.717, 1.165) is 36.8 Å². The second-order valence-corrected chi connectivity index (χ2v) is 8.17. The summed E-state index contributed by atoms with van der Waals surface area (Å²) in [5.41, 5.74) is 1.19. The zero-order chi connectivity index (χ0) is 22.7. The average molecular weight is 463 g/mol. The SMILES string of the molecule is O=C(c1ccc(-n2ccc(C(F)(F)F)n2)cc1)N1CCCN(Cc2ccc(Cl)cc2)CC1. The molecule has 168 valence electrons. The van der Waals surface area contributed by atoms with Crippen molar-refractivity contribution in [3.05, 3.63) is 82.6 Å². The van der Waals surface area contributed by atoms with E-state index in [1.54, 1.807) is 24.3 Å². The number of hydrogen-bond acceptors (Lipinski definition) is 3. The Hall–Kier alpha value is -2.84. The molecule has 0 spiro atoms.